The highest BCUT2D eigenvalue weighted by Gasteiger charge is 2.48. The van der Waals surface area contributed by atoms with Crippen LogP contribution in [0.25, 0.3) is 0 Å². The summed E-state index contributed by atoms with van der Waals surface area (Å²) in [6, 6.07) is 4.24. The van der Waals surface area contributed by atoms with Crippen LogP contribution in [0.2, 0.25) is 0 Å². The van der Waals surface area contributed by atoms with Crippen molar-refractivity contribution in [1.29, 1.82) is 0 Å². The van der Waals surface area contributed by atoms with E-state index in [2.05, 4.69) is 4.98 Å². The van der Waals surface area contributed by atoms with E-state index in [9.17, 15) is 13.6 Å². The zero-order chi connectivity index (χ0) is 16.7. The highest BCUT2D eigenvalue weighted by atomic mass is 32.1. The molecule has 4 rings (SSSR count). The molecule has 1 saturated heterocycles. The summed E-state index contributed by atoms with van der Waals surface area (Å²) in [7, 11) is 0. The molecule has 3 atom stereocenters. The Morgan fingerprint density at radius 2 is 2.17 bits per heavy atom. The number of rotatable bonds is 3. The van der Waals surface area contributed by atoms with Crippen molar-refractivity contribution in [2.45, 2.75) is 37.6 Å². The van der Waals surface area contributed by atoms with Gasteiger partial charge in [-0.2, -0.15) is 0 Å². The van der Waals surface area contributed by atoms with E-state index in [1.165, 1.54) is 6.07 Å². The first-order valence-corrected chi connectivity index (χ1v) is 9.18. The first-order chi connectivity index (χ1) is 11.7. The molecule has 1 saturated carbocycles. The number of amides is 1. The van der Waals surface area contributed by atoms with E-state index < -0.39 is 11.6 Å². The van der Waals surface area contributed by atoms with Crippen molar-refractivity contribution < 1.29 is 13.6 Å². The number of aromatic nitrogens is 1. The van der Waals surface area contributed by atoms with Crippen molar-refractivity contribution in [3.8, 4) is 0 Å². The third-order valence-electron chi connectivity index (χ3n) is 5.01. The molecule has 2 aromatic rings. The van der Waals surface area contributed by atoms with Gasteiger partial charge in [-0.25, -0.2) is 13.8 Å². The van der Waals surface area contributed by atoms with Crippen LogP contribution in [0.5, 0.6) is 0 Å². The van der Waals surface area contributed by atoms with Gasteiger partial charge in [0.2, 0.25) is 5.91 Å². The molecule has 1 aromatic carbocycles. The average molecular weight is 348 g/mol. The molecule has 1 aliphatic heterocycles. The molecule has 0 bridgehead atoms. The molecular weight excluding hydrogens is 330 g/mol. The summed E-state index contributed by atoms with van der Waals surface area (Å²) < 4.78 is 27.4. The SMILES string of the molecule is O=C([C@@H]1C[C@H]1c1cccc(F)c1F)N1CCCC[C@H]1c1nccs1. The van der Waals surface area contributed by atoms with Crippen molar-refractivity contribution >= 4 is 17.2 Å². The second kappa shape index (κ2) is 6.24. The Balaban J connectivity index is 1.53. The van der Waals surface area contributed by atoms with Crippen LogP contribution in [0, 0.1) is 17.6 Å². The molecular formula is C18H18F2N2OS. The number of nitrogens with zero attached hydrogens (tertiary/aromatic N) is 2. The molecule has 0 N–H and O–H groups in total. The lowest BCUT2D eigenvalue weighted by Gasteiger charge is -2.34. The van der Waals surface area contributed by atoms with Crippen LogP contribution in [0.4, 0.5) is 8.78 Å². The predicted molar refractivity (Wildman–Crippen MR) is 87.6 cm³/mol. The van der Waals surface area contributed by atoms with E-state index >= 15 is 0 Å². The molecule has 3 nitrogen and oxygen atoms in total. The monoisotopic (exact) mass is 348 g/mol. The van der Waals surface area contributed by atoms with Gasteiger partial charge in [-0.15, -0.1) is 11.3 Å². The van der Waals surface area contributed by atoms with Gasteiger partial charge in [0.05, 0.1) is 6.04 Å². The van der Waals surface area contributed by atoms with Crippen LogP contribution in [0.15, 0.2) is 29.8 Å². The summed E-state index contributed by atoms with van der Waals surface area (Å²) in [6.45, 7) is 0.720. The van der Waals surface area contributed by atoms with Crippen molar-refractivity contribution in [1.82, 2.24) is 9.88 Å². The summed E-state index contributed by atoms with van der Waals surface area (Å²) in [4.78, 5) is 19.2. The second-order valence-electron chi connectivity index (χ2n) is 6.51. The fraction of sp³-hybridized carbons (Fsp3) is 0.444. The Bertz CT molecular complexity index is 749. The van der Waals surface area contributed by atoms with Gasteiger partial charge in [-0.3, -0.25) is 4.79 Å². The number of hydrogen-bond donors (Lipinski definition) is 0. The van der Waals surface area contributed by atoms with Gasteiger partial charge in [0.25, 0.3) is 0 Å². The minimum absolute atomic E-state index is 0.0323. The topological polar surface area (TPSA) is 33.2 Å². The Hall–Kier alpha value is -1.82. The minimum Gasteiger partial charge on any atom is -0.333 e. The van der Waals surface area contributed by atoms with Gasteiger partial charge in [0.15, 0.2) is 11.6 Å². The third kappa shape index (κ3) is 2.73. The van der Waals surface area contributed by atoms with Gasteiger partial charge < -0.3 is 4.90 Å². The summed E-state index contributed by atoms with van der Waals surface area (Å²) in [5.41, 5.74) is 0.330. The lowest BCUT2D eigenvalue weighted by Crippen LogP contribution is -2.39. The van der Waals surface area contributed by atoms with Crippen LogP contribution < -0.4 is 0 Å². The second-order valence-corrected chi connectivity index (χ2v) is 7.43. The van der Waals surface area contributed by atoms with E-state index in [0.717, 1.165) is 36.9 Å². The lowest BCUT2D eigenvalue weighted by atomic mass is 10.0. The maximum atomic E-state index is 14.0. The molecule has 126 valence electrons. The van der Waals surface area contributed by atoms with Crippen molar-refractivity contribution in [3.63, 3.8) is 0 Å². The molecule has 1 aliphatic carbocycles. The van der Waals surface area contributed by atoms with E-state index in [1.807, 2.05) is 10.3 Å². The zero-order valence-electron chi connectivity index (χ0n) is 13.1. The normalized spacial score (nSPS) is 26.4. The van der Waals surface area contributed by atoms with Crippen molar-refractivity contribution in [3.05, 3.63) is 52.0 Å². The fourth-order valence-electron chi connectivity index (χ4n) is 3.68. The van der Waals surface area contributed by atoms with Crippen LogP contribution in [0.3, 0.4) is 0 Å². The molecule has 6 heteroatoms. The standard InChI is InChI=1S/C18H18F2N2OS/c19-14-5-3-4-11(16(14)20)12-10-13(12)18(23)22-8-2-1-6-15(22)17-21-7-9-24-17/h3-5,7,9,12-13,15H,1-2,6,8,10H2/t12-,13+,15-/m0/s1. The predicted octanol–water partition coefficient (Wildman–Crippen LogP) is 4.28. The highest BCUT2D eigenvalue weighted by molar-refractivity contribution is 7.09. The molecule has 2 aliphatic rings. The molecule has 0 radical (unpaired) electrons. The van der Waals surface area contributed by atoms with Gasteiger partial charge in [0.1, 0.15) is 5.01 Å². The largest absolute Gasteiger partial charge is 0.333 e. The van der Waals surface area contributed by atoms with Crippen molar-refractivity contribution in [2.24, 2.45) is 5.92 Å². The molecule has 1 amide bonds. The molecule has 2 heterocycles. The Morgan fingerprint density at radius 3 is 2.96 bits per heavy atom. The van der Waals surface area contributed by atoms with Crippen molar-refractivity contribution in [2.75, 3.05) is 6.54 Å². The van der Waals surface area contributed by atoms with E-state index in [4.69, 9.17) is 0 Å². The molecule has 2 fully saturated rings. The summed E-state index contributed by atoms with van der Waals surface area (Å²) >= 11 is 1.57. The maximum absolute atomic E-state index is 14.0. The highest BCUT2D eigenvalue weighted by Crippen LogP contribution is 2.50. The van der Waals surface area contributed by atoms with Gasteiger partial charge >= 0.3 is 0 Å². The fourth-order valence-corrected chi connectivity index (χ4v) is 4.47. The van der Waals surface area contributed by atoms with Crippen LogP contribution in [-0.2, 0) is 4.79 Å². The summed E-state index contributed by atoms with van der Waals surface area (Å²) in [5.74, 6) is -2.03. The first-order valence-electron chi connectivity index (χ1n) is 8.30. The lowest BCUT2D eigenvalue weighted by molar-refractivity contribution is -0.136. The number of carbonyl (C=O) groups excluding carboxylic acids is 1. The first kappa shape index (κ1) is 15.7. The third-order valence-corrected chi connectivity index (χ3v) is 5.89. The number of likely N-dealkylation sites (tertiary alicyclic amines) is 1. The van der Waals surface area contributed by atoms with E-state index in [1.54, 1.807) is 23.6 Å². The molecule has 0 spiro atoms. The smallest absolute Gasteiger partial charge is 0.226 e. The van der Waals surface area contributed by atoms with Gasteiger partial charge in [-0.05, 0) is 43.2 Å². The van der Waals surface area contributed by atoms with Crippen LogP contribution in [0.1, 0.15) is 48.2 Å². The number of benzene rings is 1. The number of hydrogen-bond acceptors (Lipinski definition) is 3. The summed E-state index contributed by atoms with van der Waals surface area (Å²) in [5, 5.41) is 2.89. The Morgan fingerprint density at radius 1 is 1.29 bits per heavy atom. The van der Waals surface area contributed by atoms with Gasteiger partial charge in [0, 0.05) is 24.0 Å². The average Bonchev–Trinajstić information content (AvgIpc) is 3.20. The number of halogens is 2. The minimum atomic E-state index is -0.843. The zero-order valence-corrected chi connectivity index (χ0v) is 13.9. The molecule has 24 heavy (non-hydrogen) atoms. The molecule has 0 unspecified atom stereocenters. The quantitative estimate of drug-likeness (QED) is 0.829. The van der Waals surface area contributed by atoms with Gasteiger partial charge in [-0.1, -0.05) is 12.1 Å². The van der Waals surface area contributed by atoms with E-state index in [0.29, 0.717) is 12.0 Å². The maximum Gasteiger partial charge on any atom is 0.226 e. The Labute approximate surface area is 143 Å². The molecule has 1 aromatic heterocycles. The number of carbonyl (C=O) groups is 1. The number of piperidine rings is 1. The van der Waals surface area contributed by atoms with Crippen LogP contribution >= 0.6 is 11.3 Å². The van der Waals surface area contributed by atoms with E-state index in [-0.39, 0.29) is 23.8 Å². The van der Waals surface area contributed by atoms with Crippen LogP contribution in [-0.4, -0.2) is 22.3 Å². The Kier molecular flexibility index (Phi) is 4.08. The summed E-state index contributed by atoms with van der Waals surface area (Å²) in [6.07, 6.45) is 5.35. The number of thiazole rings is 1.